The third-order valence-corrected chi connectivity index (χ3v) is 13.6. The molecular formula is C34H44N4O5Si. The topological polar surface area (TPSA) is 104 Å². The number of likely N-dealkylation sites (N-methyl/N-ethyl adjacent to an activating group) is 1. The smallest absolute Gasteiger partial charge is 0.287 e. The van der Waals surface area contributed by atoms with Crippen molar-refractivity contribution in [3.05, 3.63) is 78.1 Å². The Hall–Kier alpha value is -3.57. The summed E-state index contributed by atoms with van der Waals surface area (Å²) in [6, 6.07) is 17.5. The quantitative estimate of drug-likeness (QED) is 0.250. The lowest BCUT2D eigenvalue weighted by Gasteiger charge is -2.40. The lowest BCUT2D eigenvalue weighted by atomic mass is 9.96. The Balaban J connectivity index is 1.25. The SMILES string of the molecule is CN(CC1CCc2cc(-c3cccc(N4NC(=O)C(C)(O)C4=O)c3)ccc2O1)CC(O[Si](C)(C)C(C)(C)C)c1cccnc1. The third kappa shape index (κ3) is 6.58. The minimum Gasteiger partial charge on any atom is -0.489 e. The molecule has 1 saturated heterocycles. The molecule has 2 aliphatic rings. The summed E-state index contributed by atoms with van der Waals surface area (Å²) in [7, 11) is 0.116. The van der Waals surface area contributed by atoms with E-state index in [0.717, 1.165) is 58.9 Å². The number of benzene rings is 2. The summed E-state index contributed by atoms with van der Waals surface area (Å²) in [5, 5.41) is 11.4. The average Bonchev–Trinajstić information content (AvgIpc) is 3.18. The number of hydrogen-bond acceptors (Lipinski definition) is 7. The molecule has 3 atom stereocenters. The molecule has 0 spiro atoms. The first-order valence-electron chi connectivity index (χ1n) is 15.2. The van der Waals surface area contributed by atoms with E-state index in [4.69, 9.17) is 9.16 Å². The van der Waals surface area contributed by atoms with Crippen LogP contribution in [0.1, 0.15) is 51.3 Å². The van der Waals surface area contributed by atoms with E-state index in [1.165, 1.54) is 6.92 Å². The van der Waals surface area contributed by atoms with Gasteiger partial charge in [-0.15, -0.1) is 0 Å². The highest BCUT2D eigenvalue weighted by Gasteiger charge is 2.50. The van der Waals surface area contributed by atoms with Crippen molar-refractivity contribution in [2.75, 3.05) is 25.1 Å². The zero-order valence-corrected chi connectivity index (χ0v) is 27.8. The number of pyridine rings is 1. The summed E-state index contributed by atoms with van der Waals surface area (Å²) < 4.78 is 13.4. The highest BCUT2D eigenvalue weighted by Crippen LogP contribution is 2.40. The highest BCUT2D eigenvalue weighted by atomic mass is 28.4. The molecule has 3 aromatic rings. The molecule has 2 amide bonds. The van der Waals surface area contributed by atoms with Gasteiger partial charge in [0, 0.05) is 25.5 Å². The molecular weight excluding hydrogens is 572 g/mol. The van der Waals surface area contributed by atoms with Gasteiger partial charge in [-0.25, -0.2) is 5.01 Å². The fraction of sp³-hybridized carbons (Fsp3) is 0.441. The standard InChI is InChI=1S/C34H44N4O5Si/c1-33(2,3)44(6,7)43-30(26-11-9-17-35-20-26)22-37(5)21-28-15-13-25-18-24(14-16-29(25)42-28)23-10-8-12-27(19-23)38-32(40)34(4,41)31(39)36-38/h8-12,14,16-20,28,30,41H,13,15,21-22H2,1-7H3,(H,36,39). The third-order valence-electron chi connectivity index (χ3n) is 9.09. The number of carbonyl (C=O) groups excluding carboxylic acids is 2. The summed E-state index contributed by atoms with van der Waals surface area (Å²) >= 11 is 0. The number of anilines is 1. The molecule has 10 heteroatoms. The van der Waals surface area contributed by atoms with E-state index >= 15 is 0 Å². The lowest BCUT2D eigenvalue weighted by molar-refractivity contribution is -0.142. The Labute approximate surface area is 261 Å². The number of rotatable bonds is 9. The van der Waals surface area contributed by atoms with Gasteiger partial charge in [-0.05, 0) is 97.5 Å². The van der Waals surface area contributed by atoms with Crippen LogP contribution in [0.5, 0.6) is 5.75 Å². The minimum absolute atomic E-state index is 0.0571. The molecule has 5 rings (SSSR count). The molecule has 3 unspecified atom stereocenters. The Morgan fingerprint density at radius 2 is 1.91 bits per heavy atom. The van der Waals surface area contributed by atoms with Gasteiger partial charge in [-0.1, -0.05) is 45.0 Å². The number of fused-ring (bicyclic) bond motifs is 1. The van der Waals surface area contributed by atoms with Crippen molar-refractivity contribution in [2.24, 2.45) is 0 Å². The molecule has 3 heterocycles. The van der Waals surface area contributed by atoms with Gasteiger partial charge >= 0.3 is 0 Å². The molecule has 1 aromatic heterocycles. The van der Waals surface area contributed by atoms with Gasteiger partial charge in [0.05, 0.1) is 11.8 Å². The van der Waals surface area contributed by atoms with Crippen molar-refractivity contribution in [3.63, 3.8) is 0 Å². The number of nitrogens with one attached hydrogen (secondary N) is 1. The first-order valence-corrected chi connectivity index (χ1v) is 18.1. The van der Waals surface area contributed by atoms with Crippen LogP contribution in [0.3, 0.4) is 0 Å². The molecule has 0 saturated carbocycles. The van der Waals surface area contributed by atoms with E-state index in [0.29, 0.717) is 5.69 Å². The Bertz CT molecular complexity index is 1520. The van der Waals surface area contributed by atoms with Crippen LogP contribution < -0.4 is 15.2 Å². The van der Waals surface area contributed by atoms with Crippen molar-refractivity contribution in [1.82, 2.24) is 15.3 Å². The fourth-order valence-corrected chi connectivity index (χ4v) is 6.63. The number of ether oxygens (including phenoxy) is 1. The molecule has 234 valence electrons. The molecule has 0 aliphatic carbocycles. The Morgan fingerprint density at radius 1 is 1.16 bits per heavy atom. The molecule has 0 bridgehead atoms. The van der Waals surface area contributed by atoms with Gasteiger partial charge in [0.1, 0.15) is 11.9 Å². The highest BCUT2D eigenvalue weighted by molar-refractivity contribution is 6.74. The number of hydrogen-bond donors (Lipinski definition) is 2. The molecule has 2 aliphatic heterocycles. The van der Waals surface area contributed by atoms with E-state index in [2.05, 4.69) is 68.4 Å². The van der Waals surface area contributed by atoms with Crippen LogP contribution >= 0.6 is 0 Å². The van der Waals surface area contributed by atoms with Crippen LogP contribution in [-0.4, -0.2) is 67.0 Å². The van der Waals surface area contributed by atoms with Crippen LogP contribution in [0.2, 0.25) is 18.1 Å². The number of aliphatic hydroxyl groups is 1. The first-order chi connectivity index (χ1) is 20.7. The van der Waals surface area contributed by atoms with Crippen LogP contribution in [0.4, 0.5) is 5.69 Å². The molecule has 0 radical (unpaired) electrons. The fourth-order valence-electron chi connectivity index (χ4n) is 5.35. The summed E-state index contributed by atoms with van der Waals surface area (Å²) in [5.74, 6) is -0.559. The van der Waals surface area contributed by atoms with Crippen molar-refractivity contribution in [3.8, 4) is 16.9 Å². The maximum absolute atomic E-state index is 12.6. The van der Waals surface area contributed by atoms with Crippen molar-refractivity contribution >= 4 is 25.8 Å². The van der Waals surface area contributed by atoms with Crippen molar-refractivity contribution in [1.29, 1.82) is 0 Å². The maximum atomic E-state index is 12.6. The van der Waals surface area contributed by atoms with Gasteiger partial charge in [0.2, 0.25) is 5.60 Å². The van der Waals surface area contributed by atoms with Crippen LogP contribution in [0, 0.1) is 0 Å². The van der Waals surface area contributed by atoms with Gasteiger partial charge in [-0.2, -0.15) is 0 Å². The molecule has 1 fully saturated rings. The summed E-state index contributed by atoms with van der Waals surface area (Å²) in [6.07, 6.45) is 5.48. The number of amides is 2. The number of aromatic nitrogens is 1. The average molecular weight is 617 g/mol. The molecule has 2 aromatic carbocycles. The van der Waals surface area contributed by atoms with Crippen LogP contribution in [0.25, 0.3) is 11.1 Å². The van der Waals surface area contributed by atoms with Gasteiger partial charge in [0.15, 0.2) is 8.32 Å². The Morgan fingerprint density at radius 3 is 2.57 bits per heavy atom. The van der Waals surface area contributed by atoms with E-state index in [1.807, 2.05) is 42.6 Å². The van der Waals surface area contributed by atoms with Gasteiger partial charge in [0.25, 0.3) is 11.8 Å². The van der Waals surface area contributed by atoms with Crippen LogP contribution in [-0.2, 0) is 20.4 Å². The largest absolute Gasteiger partial charge is 0.489 e. The van der Waals surface area contributed by atoms with E-state index in [1.54, 1.807) is 12.3 Å². The first kappa shape index (κ1) is 31.8. The molecule has 2 N–H and O–H groups in total. The summed E-state index contributed by atoms with van der Waals surface area (Å²) in [5.41, 5.74) is 4.97. The molecule has 44 heavy (non-hydrogen) atoms. The second-order valence-corrected chi connectivity index (χ2v) is 18.4. The Kier molecular flexibility index (Phi) is 8.74. The zero-order chi connectivity index (χ0) is 31.9. The minimum atomic E-state index is -2.08. The zero-order valence-electron chi connectivity index (χ0n) is 26.8. The normalized spacial score (nSPS) is 21.2. The monoisotopic (exact) mass is 616 g/mol. The predicted octanol–water partition coefficient (Wildman–Crippen LogP) is 5.27. The second-order valence-electron chi connectivity index (χ2n) is 13.7. The molecule has 9 nitrogen and oxygen atoms in total. The van der Waals surface area contributed by atoms with E-state index in [-0.39, 0.29) is 17.2 Å². The van der Waals surface area contributed by atoms with E-state index in [9.17, 15) is 14.7 Å². The number of carbonyl (C=O) groups is 2. The van der Waals surface area contributed by atoms with Crippen molar-refractivity contribution in [2.45, 2.75) is 76.5 Å². The number of hydrazine groups is 1. The number of aryl methyl sites for hydroxylation is 1. The van der Waals surface area contributed by atoms with Crippen LogP contribution in [0.15, 0.2) is 67.0 Å². The summed E-state index contributed by atoms with van der Waals surface area (Å²) in [6.45, 7) is 14.1. The predicted molar refractivity (Wildman–Crippen MR) is 174 cm³/mol. The summed E-state index contributed by atoms with van der Waals surface area (Å²) in [4.78, 5) is 31.3. The van der Waals surface area contributed by atoms with E-state index < -0.39 is 25.7 Å². The maximum Gasteiger partial charge on any atom is 0.287 e. The second kappa shape index (κ2) is 12.1. The van der Waals surface area contributed by atoms with Gasteiger partial charge < -0.3 is 14.3 Å². The lowest BCUT2D eigenvalue weighted by Crippen LogP contribution is -2.44. The van der Waals surface area contributed by atoms with Gasteiger partial charge in [-0.3, -0.25) is 24.9 Å². The van der Waals surface area contributed by atoms with Crippen molar-refractivity contribution < 1.29 is 23.9 Å². The number of nitrogens with zero attached hydrogens (tertiary/aromatic N) is 3.